The Labute approximate surface area is 128 Å². The van der Waals surface area contributed by atoms with Gasteiger partial charge in [0.25, 0.3) is 0 Å². The summed E-state index contributed by atoms with van der Waals surface area (Å²) in [7, 11) is 0. The highest BCUT2D eigenvalue weighted by Crippen LogP contribution is 2.28. The molecule has 102 valence electrons. The van der Waals surface area contributed by atoms with Gasteiger partial charge < -0.3 is 5.32 Å². The van der Waals surface area contributed by atoms with E-state index in [1.165, 1.54) is 4.88 Å². The van der Waals surface area contributed by atoms with Crippen molar-refractivity contribution < 1.29 is 0 Å². The summed E-state index contributed by atoms with van der Waals surface area (Å²) in [6.45, 7) is 2.14. The van der Waals surface area contributed by atoms with Crippen LogP contribution >= 0.6 is 27.3 Å². The van der Waals surface area contributed by atoms with Gasteiger partial charge in [0, 0.05) is 26.0 Å². The zero-order valence-corrected chi connectivity index (χ0v) is 13.1. The van der Waals surface area contributed by atoms with Crippen LogP contribution in [0.15, 0.2) is 40.2 Å². The first-order chi connectivity index (χ1) is 9.72. The lowest BCUT2D eigenvalue weighted by Gasteiger charge is -2.14. The molecule has 7 heteroatoms. The summed E-state index contributed by atoms with van der Waals surface area (Å²) in [5.41, 5.74) is 1.97. The maximum Gasteiger partial charge on any atom is 0.204 e. The zero-order valence-electron chi connectivity index (χ0n) is 10.7. The Morgan fingerprint density at radius 2 is 2.25 bits per heavy atom. The standard InChI is InChI=1S/C13H12BrN5S/c1-8(12-6-10(14)7-20-12)15-11-4-2-3-9(5-11)13-16-18-19-17-13/h2-8,15H,1H3,(H,16,17,18,19). The minimum absolute atomic E-state index is 0.242. The summed E-state index contributed by atoms with van der Waals surface area (Å²) in [6, 6.07) is 10.4. The molecular formula is C13H12BrN5S. The van der Waals surface area contributed by atoms with Gasteiger partial charge in [-0.2, -0.15) is 5.21 Å². The summed E-state index contributed by atoms with van der Waals surface area (Å²) < 4.78 is 1.12. The average molecular weight is 350 g/mol. The summed E-state index contributed by atoms with van der Waals surface area (Å²) in [4.78, 5) is 1.28. The molecule has 0 fully saturated rings. The normalized spacial score (nSPS) is 12.3. The van der Waals surface area contributed by atoms with Crippen molar-refractivity contribution in [1.82, 2.24) is 20.6 Å². The lowest BCUT2D eigenvalue weighted by Crippen LogP contribution is -2.04. The van der Waals surface area contributed by atoms with Gasteiger partial charge in [0.15, 0.2) is 0 Å². The Hall–Kier alpha value is -1.73. The van der Waals surface area contributed by atoms with Gasteiger partial charge >= 0.3 is 0 Å². The molecule has 0 bridgehead atoms. The minimum Gasteiger partial charge on any atom is -0.378 e. The van der Waals surface area contributed by atoms with Crippen LogP contribution in [0.2, 0.25) is 0 Å². The number of rotatable bonds is 4. The Balaban J connectivity index is 1.79. The number of benzene rings is 1. The predicted octanol–water partition coefficient (Wildman–Crippen LogP) is 3.86. The van der Waals surface area contributed by atoms with Crippen LogP contribution in [0.25, 0.3) is 11.4 Å². The molecule has 0 amide bonds. The molecule has 0 spiro atoms. The maximum atomic E-state index is 3.99. The SMILES string of the molecule is CC(Nc1cccc(-c2nn[nH]n2)c1)c1cc(Br)cs1. The lowest BCUT2D eigenvalue weighted by molar-refractivity contribution is 0.881. The van der Waals surface area contributed by atoms with E-state index in [2.05, 4.69) is 60.2 Å². The molecule has 1 unspecified atom stereocenters. The van der Waals surface area contributed by atoms with E-state index < -0.39 is 0 Å². The number of hydrogen-bond donors (Lipinski definition) is 2. The number of nitrogens with one attached hydrogen (secondary N) is 2. The number of hydrogen-bond acceptors (Lipinski definition) is 5. The molecule has 0 saturated carbocycles. The van der Waals surface area contributed by atoms with Crippen molar-refractivity contribution in [2.24, 2.45) is 0 Å². The minimum atomic E-state index is 0.242. The molecule has 0 radical (unpaired) electrons. The van der Waals surface area contributed by atoms with Gasteiger partial charge in [-0.05, 0) is 46.3 Å². The molecule has 1 atom stereocenters. The fourth-order valence-electron chi connectivity index (χ4n) is 1.91. The van der Waals surface area contributed by atoms with Crippen LogP contribution in [0.4, 0.5) is 5.69 Å². The number of aromatic nitrogens is 4. The van der Waals surface area contributed by atoms with Crippen LogP contribution < -0.4 is 5.32 Å². The van der Waals surface area contributed by atoms with Crippen LogP contribution in [0.1, 0.15) is 17.8 Å². The van der Waals surface area contributed by atoms with E-state index in [4.69, 9.17) is 0 Å². The van der Waals surface area contributed by atoms with E-state index in [-0.39, 0.29) is 6.04 Å². The molecule has 3 aromatic rings. The zero-order chi connectivity index (χ0) is 13.9. The van der Waals surface area contributed by atoms with E-state index in [9.17, 15) is 0 Å². The molecule has 0 aliphatic rings. The Bertz CT molecular complexity index is 694. The number of thiophene rings is 1. The monoisotopic (exact) mass is 349 g/mol. The van der Waals surface area contributed by atoms with E-state index in [0.717, 1.165) is 15.7 Å². The number of tetrazole rings is 1. The Morgan fingerprint density at radius 3 is 2.95 bits per heavy atom. The first-order valence-corrected chi connectivity index (χ1v) is 7.74. The Kier molecular flexibility index (Phi) is 3.79. The number of H-pyrrole nitrogens is 1. The van der Waals surface area contributed by atoms with Gasteiger partial charge in [0.05, 0.1) is 6.04 Å². The van der Waals surface area contributed by atoms with Crippen molar-refractivity contribution in [2.45, 2.75) is 13.0 Å². The van der Waals surface area contributed by atoms with E-state index in [1.54, 1.807) is 11.3 Å². The highest BCUT2D eigenvalue weighted by atomic mass is 79.9. The fourth-order valence-corrected chi connectivity index (χ4v) is 3.36. The smallest absolute Gasteiger partial charge is 0.204 e. The van der Waals surface area contributed by atoms with Crippen molar-refractivity contribution in [2.75, 3.05) is 5.32 Å². The topological polar surface area (TPSA) is 66.5 Å². The van der Waals surface area contributed by atoms with Crippen LogP contribution in [-0.2, 0) is 0 Å². The first kappa shape index (κ1) is 13.3. The third kappa shape index (κ3) is 2.88. The second-order valence-electron chi connectivity index (χ2n) is 4.35. The lowest BCUT2D eigenvalue weighted by atomic mass is 10.1. The maximum absolute atomic E-state index is 3.99. The average Bonchev–Trinajstić information content (AvgIpc) is 3.10. The molecule has 2 heterocycles. The molecule has 1 aromatic carbocycles. The van der Waals surface area contributed by atoms with E-state index >= 15 is 0 Å². The second kappa shape index (κ2) is 5.72. The van der Waals surface area contributed by atoms with Crippen molar-refractivity contribution in [1.29, 1.82) is 0 Å². The number of aromatic amines is 1. The van der Waals surface area contributed by atoms with E-state index in [0.29, 0.717) is 5.82 Å². The van der Waals surface area contributed by atoms with Crippen LogP contribution in [0.5, 0.6) is 0 Å². The molecule has 0 saturated heterocycles. The number of nitrogens with zero attached hydrogens (tertiary/aromatic N) is 3. The highest BCUT2D eigenvalue weighted by molar-refractivity contribution is 9.10. The number of anilines is 1. The first-order valence-electron chi connectivity index (χ1n) is 6.07. The quantitative estimate of drug-likeness (QED) is 0.750. The molecule has 2 aromatic heterocycles. The second-order valence-corrected chi connectivity index (χ2v) is 6.21. The molecular weight excluding hydrogens is 338 g/mol. The van der Waals surface area contributed by atoms with Crippen LogP contribution in [0.3, 0.4) is 0 Å². The van der Waals surface area contributed by atoms with Crippen molar-refractivity contribution in [3.05, 3.63) is 45.1 Å². The van der Waals surface area contributed by atoms with E-state index in [1.807, 2.05) is 24.3 Å². The molecule has 0 aliphatic carbocycles. The summed E-state index contributed by atoms with van der Waals surface area (Å²) in [5, 5.41) is 19.6. The summed E-state index contributed by atoms with van der Waals surface area (Å²) in [6.07, 6.45) is 0. The third-order valence-corrected chi connectivity index (χ3v) is 4.74. The largest absolute Gasteiger partial charge is 0.378 e. The summed E-state index contributed by atoms with van der Waals surface area (Å²) >= 11 is 5.21. The van der Waals surface area contributed by atoms with Crippen LogP contribution in [0, 0.1) is 0 Å². The molecule has 0 aliphatic heterocycles. The molecule has 3 rings (SSSR count). The van der Waals surface area contributed by atoms with Crippen molar-refractivity contribution in [3.8, 4) is 11.4 Å². The van der Waals surface area contributed by atoms with Crippen LogP contribution in [-0.4, -0.2) is 20.6 Å². The molecule has 2 N–H and O–H groups in total. The highest BCUT2D eigenvalue weighted by Gasteiger charge is 2.09. The van der Waals surface area contributed by atoms with Gasteiger partial charge in [-0.3, -0.25) is 0 Å². The third-order valence-electron chi connectivity index (χ3n) is 2.86. The fraction of sp³-hybridized carbons (Fsp3) is 0.154. The van der Waals surface area contributed by atoms with Gasteiger partial charge in [0.1, 0.15) is 0 Å². The van der Waals surface area contributed by atoms with Gasteiger partial charge in [0.2, 0.25) is 5.82 Å². The van der Waals surface area contributed by atoms with Crippen molar-refractivity contribution in [3.63, 3.8) is 0 Å². The Morgan fingerprint density at radius 1 is 1.35 bits per heavy atom. The van der Waals surface area contributed by atoms with Gasteiger partial charge in [-0.25, -0.2) is 0 Å². The summed E-state index contributed by atoms with van der Waals surface area (Å²) in [5.74, 6) is 0.597. The molecule has 5 nitrogen and oxygen atoms in total. The van der Waals surface area contributed by atoms with Gasteiger partial charge in [-0.1, -0.05) is 12.1 Å². The number of halogens is 1. The molecule has 20 heavy (non-hydrogen) atoms. The predicted molar refractivity (Wildman–Crippen MR) is 83.7 cm³/mol. The van der Waals surface area contributed by atoms with Gasteiger partial charge in [-0.15, -0.1) is 21.5 Å². The van der Waals surface area contributed by atoms with Crippen molar-refractivity contribution >= 4 is 33.0 Å².